The summed E-state index contributed by atoms with van der Waals surface area (Å²) in [7, 11) is 0. The highest BCUT2D eigenvalue weighted by molar-refractivity contribution is 5.95. The zero-order valence-corrected chi connectivity index (χ0v) is 10.9. The number of amidine groups is 1. The van der Waals surface area contributed by atoms with E-state index in [4.69, 9.17) is 15.7 Å². The van der Waals surface area contributed by atoms with Crippen LogP contribution in [0.4, 0.5) is 5.69 Å². The van der Waals surface area contributed by atoms with Crippen LogP contribution in [-0.4, -0.2) is 25.9 Å². The lowest BCUT2D eigenvalue weighted by Gasteiger charge is -2.07. The van der Waals surface area contributed by atoms with Gasteiger partial charge in [-0.3, -0.25) is 10.1 Å². The number of nitrogens with zero attached hydrogens (tertiary/aromatic N) is 4. The molecule has 0 saturated heterocycles. The Hall–Kier alpha value is -3.23. The average Bonchev–Trinajstić information content (AvgIpc) is 2.48. The Morgan fingerprint density at radius 1 is 1.48 bits per heavy atom. The van der Waals surface area contributed by atoms with Crippen LogP contribution in [0.15, 0.2) is 35.6 Å². The van der Waals surface area contributed by atoms with E-state index in [0.717, 1.165) is 0 Å². The Kier molecular flexibility index (Phi) is 3.93. The third-order valence-electron chi connectivity index (χ3n) is 2.57. The van der Waals surface area contributed by atoms with Gasteiger partial charge < -0.3 is 15.7 Å². The van der Waals surface area contributed by atoms with Gasteiger partial charge in [-0.1, -0.05) is 5.16 Å². The third-order valence-corrected chi connectivity index (χ3v) is 2.57. The predicted molar refractivity (Wildman–Crippen MR) is 72.5 cm³/mol. The highest BCUT2D eigenvalue weighted by atomic mass is 16.6. The maximum Gasteiger partial charge on any atom is 0.322 e. The number of benzene rings is 1. The molecule has 2 rings (SSSR count). The molecule has 0 saturated carbocycles. The number of aromatic nitrogens is 2. The van der Waals surface area contributed by atoms with Crippen LogP contribution < -0.4 is 10.5 Å². The lowest BCUT2D eigenvalue weighted by atomic mass is 10.2. The first-order chi connectivity index (χ1) is 10.0. The van der Waals surface area contributed by atoms with Gasteiger partial charge in [0.15, 0.2) is 5.84 Å². The fourth-order valence-corrected chi connectivity index (χ4v) is 1.54. The first-order valence-corrected chi connectivity index (χ1v) is 5.75. The van der Waals surface area contributed by atoms with Crippen molar-refractivity contribution in [1.29, 1.82) is 0 Å². The van der Waals surface area contributed by atoms with Gasteiger partial charge in [0, 0.05) is 18.3 Å². The summed E-state index contributed by atoms with van der Waals surface area (Å²) in [6.45, 7) is 1.66. The standard InChI is InChI=1S/C12H11N5O4/c1-7-6-8(17(19)20)2-3-10(7)21-12-14-5-4-9(15-12)11(13)16-18/h2-6,18H,1H3,(H2,13,16). The summed E-state index contributed by atoms with van der Waals surface area (Å²) in [5.41, 5.74) is 6.14. The van der Waals surface area contributed by atoms with Gasteiger partial charge in [-0.2, -0.15) is 4.98 Å². The van der Waals surface area contributed by atoms with E-state index < -0.39 is 4.92 Å². The normalized spacial score (nSPS) is 11.2. The molecule has 0 radical (unpaired) electrons. The first-order valence-electron chi connectivity index (χ1n) is 5.75. The number of hydrogen-bond donors (Lipinski definition) is 2. The molecule has 3 N–H and O–H groups in total. The molecule has 0 aliphatic rings. The summed E-state index contributed by atoms with van der Waals surface area (Å²) >= 11 is 0. The number of nitro benzene ring substituents is 1. The van der Waals surface area contributed by atoms with Crippen LogP contribution in [0.1, 0.15) is 11.3 Å². The number of rotatable bonds is 4. The second-order valence-electron chi connectivity index (χ2n) is 4.02. The molecule has 0 bridgehead atoms. The molecule has 0 aliphatic heterocycles. The monoisotopic (exact) mass is 289 g/mol. The Morgan fingerprint density at radius 2 is 2.24 bits per heavy atom. The molecule has 0 fully saturated rings. The smallest absolute Gasteiger partial charge is 0.322 e. The van der Waals surface area contributed by atoms with Crippen molar-refractivity contribution in [3.63, 3.8) is 0 Å². The van der Waals surface area contributed by atoms with E-state index in [0.29, 0.717) is 11.3 Å². The molecule has 1 heterocycles. The van der Waals surface area contributed by atoms with Crippen molar-refractivity contribution in [2.45, 2.75) is 6.92 Å². The van der Waals surface area contributed by atoms with E-state index in [-0.39, 0.29) is 23.2 Å². The van der Waals surface area contributed by atoms with E-state index in [2.05, 4.69) is 15.1 Å². The van der Waals surface area contributed by atoms with E-state index in [1.807, 2.05) is 0 Å². The van der Waals surface area contributed by atoms with Crippen LogP contribution in [-0.2, 0) is 0 Å². The summed E-state index contributed by atoms with van der Waals surface area (Å²) in [6.07, 6.45) is 1.39. The molecule has 1 aromatic carbocycles. The lowest BCUT2D eigenvalue weighted by molar-refractivity contribution is -0.384. The van der Waals surface area contributed by atoms with Gasteiger partial charge in [-0.25, -0.2) is 4.98 Å². The molecule has 2 aromatic rings. The van der Waals surface area contributed by atoms with Crippen molar-refractivity contribution in [2.24, 2.45) is 10.9 Å². The number of oxime groups is 1. The van der Waals surface area contributed by atoms with Crippen molar-refractivity contribution in [2.75, 3.05) is 0 Å². The van der Waals surface area contributed by atoms with Crippen molar-refractivity contribution >= 4 is 11.5 Å². The van der Waals surface area contributed by atoms with Gasteiger partial charge in [0.25, 0.3) is 5.69 Å². The van der Waals surface area contributed by atoms with Gasteiger partial charge in [0.2, 0.25) is 0 Å². The first kappa shape index (κ1) is 14.2. The third kappa shape index (κ3) is 3.21. The maximum atomic E-state index is 10.7. The number of hydrogen-bond acceptors (Lipinski definition) is 7. The summed E-state index contributed by atoms with van der Waals surface area (Å²) < 4.78 is 5.44. The van der Waals surface area contributed by atoms with Crippen molar-refractivity contribution in [3.8, 4) is 11.8 Å². The fraction of sp³-hybridized carbons (Fsp3) is 0.0833. The minimum absolute atomic E-state index is 0.0175. The molecule has 0 aliphatic carbocycles. The van der Waals surface area contributed by atoms with E-state index in [1.165, 1.54) is 30.5 Å². The lowest BCUT2D eigenvalue weighted by Crippen LogP contribution is -2.15. The van der Waals surface area contributed by atoms with Crippen molar-refractivity contribution in [3.05, 3.63) is 51.8 Å². The van der Waals surface area contributed by atoms with Crippen LogP contribution >= 0.6 is 0 Å². The maximum absolute atomic E-state index is 10.7. The molecule has 0 atom stereocenters. The summed E-state index contributed by atoms with van der Waals surface area (Å²) in [6, 6.07) is 5.58. The molecule has 1 aromatic heterocycles. The van der Waals surface area contributed by atoms with Gasteiger partial charge in [-0.15, -0.1) is 0 Å². The van der Waals surface area contributed by atoms with E-state index in [9.17, 15) is 10.1 Å². The van der Waals surface area contributed by atoms with Crippen LogP contribution in [0.2, 0.25) is 0 Å². The van der Waals surface area contributed by atoms with Crippen molar-refractivity contribution in [1.82, 2.24) is 9.97 Å². The molecular weight excluding hydrogens is 278 g/mol. The Morgan fingerprint density at radius 3 is 2.86 bits per heavy atom. The second-order valence-corrected chi connectivity index (χ2v) is 4.02. The SMILES string of the molecule is Cc1cc([N+](=O)[O-])ccc1Oc1nccc(/C(N)=N/O)n1. The Balaban J connectivity index is 2.28. The number of ether oxygens (including phenoxy) is 1. The molecular formula is C12H11N5O4. The molecule has 21 heavy (non-hydrogen) atoms. The quantitative estimate of drug-likeness (QED) is 0.286. The highest BCUT2D eigenvalue weighted by Crippen LogP contribution is 2.26. The fourth-order valence-electron chi connectivity index (χ4n) is 1.54. The Bertz CT molecular complexity index is 717. The second kappa shape index (κ2) is 5.82. The van der Waals surface area contributed by atoms with E-state index >= 15 is 0 Å². The van der Waals surface area contributed by atoms with Crippen LogP contribution in [0.5, 0.6) is 11.8 Å². The van der Waals surface area contributed by atoms with Gasteiger partial charge in [-0.05, 0) is 24.6 Å². The molecule has 0 spiro atoms. The average molecular weight is 289 g/mol. The van der Waals surface area contributed by atoms with Crippen LogP contribution in [0.25, 0.3) is 0 Å². The van der Waals surface area contributed by atoms with Crippen LogP contribution in [0.3, 0.4) is 0 Å². The number of nitro groups is 1. The summed E-state index contributed by atoms with van der Waals surface area (Å²) in [5, 5.41) is 22.1. The van der Waals surface area contributed by atoms with Gasteiger partial charge in [0.05, 0.1) is 4.92 Å². The van der Waals surface area contributed by atoms with Gasteiger partial charge >= 0.3 is 6.01 Å². The molecule has 0 amide bonds. The molecule has 9 heteroatoms. The zero-order chi connectivity index (χ0) is 15.4. The summed E-state index contributed by atoms with van der Waals surface area (Å²) in [5.74, 6) is 0.194. The van der Waals surface area contributed by atoms with E-state index in [1.54, 1.807) is 6.92 Å². The minimum Gasteiger partial charge on any atom is -0.424 e. The number of non-ortho nitro benzene ring substituents is 1. The largest absolute Gasteiger partial charge is 0.424 e. The molecule has 9 nitrogen and oxygen atoms in total. The number of nitrogens with two attached hydrogens (primary N) is 1. The Labute approximate surface area is 118 Å². The topological polar surface area (TPSA) is 137 Å². The summed E-state index contributed by atoms with van der Waals surface area (Å²) in [4.78, 5) is 18.0. The number of aryl methyl sites for hydroxylation is 1. The van der Waals surface area contributed by atoms with Gasteiger partial charge in [0.1, 0.15) is 11.4 Å². The zero-order valence-electron chi connectivity index (χ0n) is 10.9. The molecule has 0 unspecified atom stereocenters. The van der Waals surface area contributed by atoms with Crippen molar-refractivity contribution < 1.29 is 14.9 Å². The highest BCUT2D eigenvalue weighted by Gasteiger charge is 2.11. The molecule has 108 valence electrons. The van der Waals surface area contributed by atoms with Crippen LogP contribution in [0, 0.1) is 17.0 Å². The predicted octanol–water partition coefficient (Wildman–Crippen LogP) is 1.58. The minimum atomic E-state index is -0.494.